The van der Waals surface area contributed by atoms with Crippen LogP contribution in [0.5, 0.6) is 0 Å². The number of carbonyl (C=O) groups is 1. The molecule has 0 rings (SSSR count). The number of amides is 1. The monoisotopic (exact) mass is 187 g/mol. The fourth-order valence-corrected chi connectivity index (χ4v) is 0.950. The van der Waals surface area contributed by atoms with Gasteiger partial charge in [0.2, 0.25) is 5.91 Å². The Kier molecular flexibility index (Phi) is 7.63. The van der Waals surface area contributed by atoms with E-state index in [9.17, 15) is 4.79 Å². The zero-order chi connectivity index (χ0) is 10.1. The Morgan fingerprint density at radius 1 is 1.31 bits per heavy atom. The third-order valence-corrected chi connectivity index (χ3v) is 1.71. The molecule has 0 unspecified atom stereocenters. The van der Waals surface area contributed by atoms with Crippen molar-refractivity contribution in [3.8, 4) is 0 Å². The summed E-state index contributed by atoms with van der Waals surface area (Å²) in [6, 6.07) is 0. The van der Waals surface area contributed by atoms with Gasteiger partial charge in [-0.25, -0.2) is 0 Å². The minimum absolute atomic E-state index is 0.133. The zero-order valence-corrected chi connectivity index (χ0v) is 8.89. The van der Waals surface area contributed by atoms with Gasteiger partial charge in [0.25, 0.3) is 0 Å². The van der Waals surface area contributed by atoms with Crippen LogP contribution >= 0.6 is 0 Å². The molecule has 4 heteroatoms. The second kappa shape index (κ2) is 8.01. The van der Waals surface area contributed by atoms with Crippen molar-refractivity contribution in [1.29, 1.82) is 0 Å². The van der Waals surface area contributed by atoms with E-state index in [1.54, 1.807) is 0 Å². The van der Waals surface area contributed by atoms with Gasteiger partial charge >= 0.3 is 0 Å². The van der Waals surface area contributed by atoms with Crippen LogP contribution in [0.3, 0.4) is 0 Å². The van der Waals surface area contributed by atoms with Crippen molar-refractivity contribution in [3.63, 3.8) is 0 Å². The predicted octanol–water partition coefficient (Wildman–Crippen LogP) is -0.336. The Balaban J connectivity index is 3.17. The Morgan fingerprint density at radius 3 is 2.54 bits per heavy atom. The van der Waals surface area contributed by atoms with Crippen LogP contribution in [0.4, 0.5) is 0 Å². The van der Waals surface area contributed by atoms with Crippen LogP contribution in [0, 0.1) is 0 Å². The molecule has 0 aromatic rings. The van der Waals surface area contributed by atoms with E-state index in [0.29, 0.717) is 6.42 Å². The summed E-state index contributed by atoms with van der Waals surface area (Å²) >= 11 is 0. The molecule has 0 aromatic heterocycles. The van der Waals surface area contributed by atoms with E-state index in [-0.39, 0.29) is 5.91 Å². The van der Waals surface area contributed by atoms with Gasteiger partial charge in [0, 0.05) is 19.5 Å². The molecule has 0 heterocycles. The molecule has 78 valence electrons. The van der Waals surface area contributed by atoms with Gasteiger partial charge < -0.3 is 15.5 Å². The lowest BCUT2D eigenvalue weighted by Crippen LogP contribution is -2.29. The number of hydrogen-bond acceptors (Lipinski definition) is 3. The van der Waals surface area contributed by atoms with Gasteiger partial charge in [-0.2, -0.15) is 0 Å². The first-order valence-corrected chi connectivity index (χ1v) is 4.73. The molecule has 0 spiro atoms. The maximum atomic E-state index is 11.1. The fourth-order valence-electron chi connectivity index (χ4n) is 0.950. The molecular weight excluding hydrogens is 166 g/mol. The zero-order valence-electron chi connectivity index (χ0n) is 8.89. The first-order chi connectivity index (χ1) is 6.16. The molecule has 2 N–H and O–H groups in total. The van der Waals surface area contributed by atoms with E-state index in [2.05, 4.69) is 15.5 Å². The third-order valence-electron chi connectivity index (χ3n) is 1.71. The predicted molar refractivity (Wildman–Crippen MR) is 54.7 cm³/mol. The Labute approximate surface area is 80.7 Å². The molecule has 0 saturated heterocycles. The third kappa shape index (κ3) is 9.30. The van der Waals surface area contributed by atoms with Crippen LogP contribution in [-0.4, -0.2) is 51.6 Å². The van der Waals surface area contributed by atoms with Gasteiger partial charge in [0.05, 0.1) is 0 Å². The van der Waals surface area contributed by atoms with Crippen molar-refractivity contribution in [2.45, 2.75) is 12.8 Å². The molecular formula is C9H21N3O. The molecule has 0 bridgehead atoms. The highest BCUT2D eigenvalue weighted by Gasteiger charge is 1.98. The van der Waals surface area contributed by atoms with Crippen molar-refractivity contribution in [1.82, 2.24) is 15.5 Å². The minimum Gasteiger partial charge on any atom is -0.356 e. The molecule has 0 radical (unpaired) electrons. The van der Waals surface area contributed by atoms with Crippen molar-refractivity contribution in [3.05, 3.63) is 0 Å². The number of nitrogens with one attached hydrogen (secondary N) is 2. The number of rotatable bonds is 7. The van der Waals surface area contributed by atoms with Crippen molar-refractivity contribution in [2.75, 3.05) is 40.8 Å². The van der Waals surface area contributed by atoms with Gasteiger partial charge in [-0.05, 0) is 34.1 Å². The Hall–Kier alpha value is -0.610. The second-order valence-corrected chi connectivity index (χ2v) is 3.36. The SMILES string of the molecule is CNCCC(=O)NCCCN(C)C. The number of carbonyl (C=O) groups excluding carboxylic acids is 1. The van der Waals surface area contributed by atoms with E-state index in [1.807, 2.05) is 21.1 Å². The van der Waals surface area contributed by atoms with Gasteiger partial charge in [0.1, 0.15) is 0 Å². The highest BCUT2D eigenvalue weighted by atomic mass is 16.1. The average molecular weight is 187 g/mol. The van der Waals surface area contributed by atoms with Crippen LogP contribution in [-0.2, 0) is 4.79 Å². The normalized spacial score (nSPS) is 10.5. The summed E-state index contributed by atoms with van der Waals surface area (Å²) in [5.74, 6) is 0.133. The minimum atomic E-state index is 0.133. The molecule has 1 amide bonds. The Bertz CT molecular complexity index is 137. The molecule has 0 saturated carbocycles. The summed E-state index contributed by atoms with van der Waals surface area (Å²) < 4.78 is 0. The lowest BCUT2D eigenvalue weighted by Gasteiger charge is -2.09. The molecule has 4 nitrogen and oxygen atoms in total. The topological polar surface area (TPSA) is 44.4 Å². The van der Waals surface area contributed by atoms with Crippen molar-refractivity contribution < 1.29 is 4.79 Å². The molecule has 0 fully saturated rings. The van der Waals surface area contributed by atoms with Crippen LogP contribution in [0.25, 0.3) is 0 Å². The fraction of sp³-hybridized carbons (Fsp3) is 0.889. The standard InChI is InChI=1S/C9H21N3O/c1-10-7-5-9(13)11-6-4-8-12(2)3/h10H,4-8H2,1-3H3,(H,11,13). The van der Waals surface area contributed by atoms with Crippen LogP contribution in [0.15, 0.2) is 0 Å². The molecule has 0 aliphatic rings. The lowest BCUT2D eigenvalue weighted by atomic mass is 10.3. The molecule has 0 aliphatic heterocycles. The Morgan fingerprint density at radius 2 is 2.00 bits per heavy atom. The van der Waals surface area contributed by atoms with E-state index >= 15 is 0 Å². The van der Waals surface area contributed by atoms with Crippen LogP contribution in [0.1, 0.15) is 12.8 Å². The van der Waals surface area contributed by atoms with Gasteiger partial charge in [-0.1, -0.05) is 0 Å². The van der Waals surface area contributed by atoms with Crippen LogP contribution < -0.4 is 10.6 Å². The molecule has 13 heavy (non-hydrogen) atoms. The van der Waals surface area contributed by atoms with Gasteiger partial charge in [-0.15, -0.1) is 0 Å². The smallest absolute Gasteiger partial charge is 0.221 e. The summed E-state index contributed by atoms with van der Waals surface area (Å²) in [6.45, 7) is 2.55. The van der Waals surface area contributed by atoms with Gasteiger partial charge in [0.15, 0.2) is 0 Å². The summed E-state index contributed by atoms with van der Waals surface area (Å²) in [5, 5.41) is 5.81. The van der Waals surface area contributed by atoms with Crippen molar-refractivity contribution >= 4 is 5.91 Å². The summed E-state index contributed by atoms with van der Waals surface area (Å²) in [4.78, 5) is 13.2. The van der Waals surface area contributed by atoms with Gasteiger partial charge in [-0.3, -0.25) is 4.79 Å². The van der Waals surface area contributed by atoms with E-state index in [0.717, 1.165) is 26.1 Å². The van der Waals surface area contributed by atoms with E-state index < -0.39 is 0 Å². The summed E-state index contributed by atoms with van der Waals surface area (Å²) in [7, 11) is 5.91. The summed E-state index contributed by atoms with van der Waals surface area (Å²) in [5.41, 5.74) is 0. The highest BCUT2D eigenvalue weighted by molar-refractivity contribution is 5.75. The molecule has 0 aliphatic carbocycles. The van der Waals surface area contributed by atoms with Crippen LogP contribution in [0.2, 0.25) is 0 Å². The molecule has 0 aromatic carbocycles. The largest absolute Gasteiger partial charge is 0.356 e. The number of nitrogens with zero attached hydrogens (tertiary/aromatic N) is 1. The van der Waals surface area contributed by atoms with Crippen molar-refractivity contribution in [2.24, 2.45) is 0 Å². The highest BCUT2D eigenvalue weighted by Crippen LogP contribution is 1.82. The summed E-state index contributed by atoms with van der Waals surface area (Å²) in [6.07, 6.45) is 1.58. The number of hydrogen-bond donors (Lipinski definition) is 2. The first kappa shape index (κ1) is 12.4. The maximum Gasteiger partial charge on any atom is 0.221 e. The van der Waals surface area contributed by atoms with E-state index in [1.165, 1.54) is 0 Å². The van der Waals surface area contributed by atoms with E-state index in [4.69, 9.17) is 0 Å². The first-order valence-electron chi connectivity index (χ1n) is 4.73. The maximum absolute atomic E-state index is 11.1. The average Bonchev–Trinajstić information content (AvgIpc) is 2.08. The molecule has 0 atom stereocenters. The second-order valence-electron chi connectivity index (χ2n) is 3.36. The lowest BCUT2D eigenvalue weighted by molar-refractivity contribution is -0.120. The quantitative estimate of drug-likeness (QED) is 0.536.